The van der Waals surface area contributed by atoms with E-state index in [9.17, 15) is 0 Å². The Morgan fingerprint density at radius 3 is 2.78 bits per heavy atom. The van der Waals surface area contributed by atoms with Gasteiger partial charge in [-0.05, 0) is 50.1 Å². The number of aromatic nitrogens is 2. The second-order valence-electron chi connectivity index (χ2n) is 6.01. The molecule has 1 unspecified atom stereocenters. The van der Waals surface area contributed by atoms with E-state index in [1.807, 2.05) is 24.3 Å². The van der Waals surface area contributed by atoms with Crippen molar-refractivity contribution in [3.05, 3.63) is 41.0 Å². The second-order valence-corrected chi connectivity index (χ2v) is 6.45. The molecule has 1 saturated heterocycles. The summed E-state index contributed by atoms with van der Waals surface area (Å²) in [5.41, 5.74) is 2.08. The van der Waals surface area contributed by atoms with Gasteiger partial charge in [0.2, 0.25) is 0 Å². The summed E-state index contributed by atoms with van der Waals surface area (Å²) >= 11 is 5.98. The number of benzene rings is 1. The van der Waals surface area contributed by atoms with E-state index in [0.717, 1.165) is 53.9 Å². The van der Waals surface area contributed by atoms with Crippen molar-refractivity contribution in [2.75, 3.05) is 18.4 Å². The van der Waals surface area contributed by atoms with Gasteiger partial charge < -0.3 is 10.6 Å². The molecule has 1 aliphatic heterocycles. The minimum Gasteiger partial charge on any atom is -0.366 e. The zero-order chi connectivity index (χ0) is 16.1. The number of aryl methyl sites for hydroxylation is 1. The molecule has 1 aromatic carbocycles. The molecule has 122 valence electrons. The molecule has 0 radical (unpaired) electrons. The monoisotopic (exact) mass is 330 g/mol. The van der Waals surface area contributed by atoms with Crippen molar-refractivity contribution in [1.29, 1.82) is 0 Å². The Kier molecular flexibility index (Phi) is 5.47. The van der Waals surface area contributed by atoms with Crippen molar-refractivity contribution >= 4 is 17.4 Å². The average molecular weight is 331 g/mol. The molecule has 0 spiro atoms. The predicted octanol–water partition coefficient (Wildman–Crippen LogP) is 3.91. The van der Waals surface area contributed by atoms with Crippen LogP contribution in [0.2, 0.25) is 5.02 Å². The number of rotatable bonds is 5. The zero-order valence-electron chi connectivity index (χ0n) is 13.5. The standard InChI is InChI=1S/C18H23ClN4/c1-2-4-15-11-17(21-16-5-3-10-20-12-16)23-18(22-15)13-6-8-14(19)9-7-13/h6-9,11,16,20H,2-5,10,12H2,1H3,(H,21,22,23). The van der Waals surface area contributed by atoms with Crippen LogP contribution < -0.4 is 10.6 Å². The van der Waals surface area contributed by atoms with Crippen LogP contribution in [0.3, 0.4) is 0 Å². The van der Waals surface area contributed by atoms with Gasteiger partial charge in [0.25, 0.3) is 0 Å². The molecule has 0 aliphatic carbocycles. The van der Waals surface area contributed by atoms with Crippen LogP contribution in [0.4, 0.5) is 5.82 Å². The van der Waals surface area contributed by atoms with Crippen LogP contribution in [-0.2, 0) is 6.42 Å². The van der Waals surface area contributed by atoms with E-state index in [2.05, 4.69) is 23.6 Å². The summed E-state index contributed by atoms with van der Waals surface area (Å²) in [5, 5.41) is 7.72. The second kappa shape index (κ2) is 7.75. The fraction of sp³-hybridized carbons (Fsp3) is 0.444. The van der Waals surface area contributed by atoms with Gasteiger partial charge in [0, 0.05) is 34.9 Å². The number of hydrogen-bond donors (Lipinski definition) is 2. The number of anilines is 1. The molecular formula is C18H23ClN4. The molecule has 5 heteroatoms. The van der Waals surface area contributed by atoms with Crippen LogP contribution in [-0.4, -0.2) is 29.1 Å². The Bertz CT molecular complexity index is 636. The Balaban J connectivity index is 1.87. The maximum Gasteiger partial charge on any atom is 0.161 e. The first kappa shape index (κ1) is 16.2. The molecule has 0 amide bonds. The van der Waals surface area contributed by atoms with Gasteiger partial charge in [-0.3, -0.25) is 0 Å². The SMILES string of the molecule is CCCc1cc(NC2CCCNC2)nc(-c2ccc(Cl)cc2)n1. The van der Waals surface area contributed by atoms with E-state index in [1.165, 1.54) is 12.8 Å². The Hall–Kier alpha value is -1.65. The number of nitrogens with zero attached hydrogens (tertiary/aromatic N) is 2. The molecule has 0 bridgehead atoms. The van der Waals surface area contributed by atoms with Crippen molar-refractivity contribution in [3.8, 4) is 11.4 Å². The third-order valence-corrected chi connectivity index (χ3v) is 4.29. The highest BCUT2D eigenvalue weighted by molar-refractivity contribution is 6.30. The maximum atomic E-state index is 5.98. The highest BCUT2D eigenvalue weighted by atomic mass is 35.5. The van der Waals surface area contributed by atoms with Crippen LogP contribution in [0, 0.1) is 0 Å². The van der Waals surface area contributed by atoms with Crippen LogP contribution in [0.5, 0.6) is 0 Å². The van der Waals surface area contributed by atoms with Crippen molar-refractivity contribution < 1.29 is 0 Å². The summed E-state index contributed by atoms with van der Waals surface area (Å²) in [6, 6.07) is 10.2. The van der Waals surface area contributed by atoms with E-state index < -0.39 is 0 Å². The highest BCUT2D eigenvalue weighted by Crippen LogP contribution is 2.21. The molecule has 0 saturated carbocycles. The van der Waals surface area contributed by atoms with Gasteiger partial charge in [-0.1, -0.05) is 24.9 Å². The first-order valence-electron chi connectivity index (χ1n) is 8.36. The number of halogens is 1. The third kappa shape index (κ3) is 4.43. The van der Waals surface area contributed by atoms with Gasteiger partial charge in [-0.25, -0.2) is 9.97 Å². The van der Waals surface area contributed by atoms with Gasteiger partial charge in [0.05, 0.1) is 0 Å². The fourth-order valence-electron chi connectivity index (χ4n) is 2.87. The molecule has 2 aromatic rings. The Morgan fingerprint density at radius 1 is 1.26 bits per heavy atom. The summed E-state index contributed by atoms with van der Waals surface area (Å²) in [6.45, 7) is 4.27. The van der Waals surface area contributed by atoms with E-state index in [4.69, 9.17) is 21.6 Å². The van der Waals surface area contributed by atoms with Crippen LogP contribution in [0.1, 0.15) is 31.9 Å². The van der Waals surface area contributed by atoms with E-state index in [1.54, 1.807) is 0 Å². The first-order valence-corrected chi connectivity index (χ1v) is 8.73. The maximum absolute atomic E-state index is 5.98. The molecule has 2 heterocycles. The molecule has 1 fully saturated rings. The molecule has 3 rings (SSSR count). The molecule has 4 nitrogen and oxygen atoms in total. The predicted molar refractivity (Wildman–Crippen MR) is 96.0 cm³/mol. The summed E-state index contributed by atoms with van der Waals surface area (Å²) in [4.78, 5) is 9.42. The lowest BCUT2D eigenvalue weighted by Crippen LogP contribution is -2.38. The van der Waals surface area contributed by atoms with Crippen molar-refractivity contribution in [1.82, 2.24) is 15.3 Å². The summed E-state index contributed by atoms with van der Waals surface area (Å²) < 4.78 is 0. The van der Waals surface area contributed by atoms with E-state index >= 15 is 0 Å². The molecule has 1 atom stereocenters. The third-order valence-electron chi connectivity index (χ3n) is 4.04. The summed E-state index contributed by atoms with van der Waals surface area (Å²) in [5.74, 6) is 1.68. The number of piperidine rings is 1. The van der Waals surface area contributed by atoms with Gasteiger partial charge in [-0.15, -0.1) is 0 Å². The number of nitrogens with one attached hydrogen (secondary N) is 2. The van der Waals surface area contributed by atoms with Crippen molar-refractivity contribution in [2.24, 2.45) is 0 Å². The Morgan fingerprint density at radius 2 is 2.09 bits per heavy atom. The summed E-state index contributed by atoms with van der Waals surface area (Å²) in [6.07, 6.45) is 4.41. The minimum atomic E-state index is 0.436. The first-order chi connectivity index (χ1) is 11.2. The van der Waals surface area contributed by atoms with Crippen LogP contribution >= 0.6 is 11.6 Å². The Labute approximate surface area is 142 Å². The fourth-order valence-corrected chi connectivity index (χ4v) is 2.99. The molecular weight excluding hydrogens is 308 g/mol. The smallest absolute Gasteiger partial charge is 0.161 e. The van der Waals surface area contributed by atoms with Crippen molar-refractivity contribution in [2.45, 2.75) is 38.6 Å². The van der Waals surface area contributed by atoms with Crippen molar-refractivity contribution in [3.63, 3.8) is 0 Å². The lowest BCUT2D eigenvalue weighted by molar-refractivity contribution is 0.479. The van der Waals surface area contributed by atoms with E-state index in [0.29, 0.717) is 6.04 Å². The highest BCUT2D eigenvalue weighted by Gasteiger charge is 2.14. The largest absolute Gasteiger partial charge is 0.366 e. The topological polar surface area (TPSA) is 49.8 Å². The van der Waals surface area contributed by atoms with Crippen LogP contribution in [0.15, 0.2) is 30.3 Å². The molecule has 23 heavy (non-hydrogen) atoms. The molecule has 2 N–H and O–H groups in total. The van der Waals surface area contributed by atoms with Gasteiger partial charge in [-0.2, -0.15) is 0 Å². The quantitative estimate of drug-likeness (QED) is 0.872. The lowest BCUT2D eigenvalue weighted by Gasteiger charge is -2.24. The minimum absolute atomic E-state index is 0.436. The molecule has 1 aliphatic rings. The average Bonchev–Trinajstić information content (AvgIpc) is 2.56. The lowest BCUT2D eigenvalue weighted by atomic mass is 10.1. The normalized spacial score (nSPS) is 17.9. The van der Waals surface area contributed by atoms with Gasteiger partial charge >= 0.3 is 0 Å². The van der Waals surface area contributed by atoms with Gasteiger partial charge in [0.15, 0.2) is 5.82 Å². The summed E-state index contributed by atoms with van der Waals surface area (Å²) in [7, 11) is 0. The number of hydrogen-bond acceptors (Lipinski definition) is 4. The van der Waals surface area contributed by atoms with Crippen LogP contribution in [0.25, 0.3) is 11.4 Å². The van der Waals surface area contributed by atoms with E-state index in [-0.39, 0.29) is 0 Å². The zero-order valence-corrected chi connectivity index (χ0v) is 14.2. The van der Waals surface area contributed by atoms with Gasteiger partial charge in [0.1, 0.15) is 5.82 Å². The molecule has 1 aromatic heterocycles.